The maximum atomic E-state index is 2.38. The maximum Gasteiger partial charge on any atom is 0.0469 e. The Morgan fingerprint density at radius 3 is 3.08 bits per heavy atom. The van der Waals surface area contributed by atoms with Crippen molar-refractivity contribution in [2.75, 3.05) is 0 Å². The van der Waals surface area contributed by atoms with Crippen LogP contribution in [0, 0.1) is 0 Å². The number of hydrogen-bond acceptors (Lipinski definition) is 2. The molecule has 1 aliphatic heterocycles. The van der Waals surface area contributed by atoms with E-state index in [0.717, 1.165) is 5.25 Å². The molecule has 12 heavy (non-hydrogen) atoms. The van der Waals surface area contributed by atoms with Gasteiger partial charge in [-0.15, -0.1) is 23.1 Å². The van der Waals surface area contributed by atoms with Gasteiger partial charge in [-0.1, -0.05) is 19.1 Å². The van der Waals surface area contributed by atoms with Crippen molar-refractivity contribution in [1.29, 1.82) is 0 Å². The highest BCUT2D eigenvalue weighted by molar-refractivity contribution is 8.03. The number of allylic oxidation sites excluding steroid dienone is 2. The molecule has 0 bridgehead atoms. The van der Waals surface area contributed by atoms with E-state index < -0.39 is 0 Å². The SMILES string of the molecule is CCC1=CCC(c2cccs2)S1. The molecule has 64 valence electrons. The van der Waals surface area contributed by atoms with Gasteiger partial charge in [0.05, 0.1) is 0 Å². The molecule has 1 aromatic rings. The third kappa shape index (κ3) is 1.59. The molecule has 1 aliphatic rings. The van der Waals surface area contributed by atoms with Gasteiger partial charge in [0, 0.05) is 10.1 Å². The first-order valence-corrected chi connectivity index (χ1v) is 6.05. The zero-order valence-electron chi connectivity index (χ0n) is 7.12. The van der Waals surface area contributed by atoms with Crippen LogP contribution in [0.1, 0.15) is 29.9 Å². The molecule has 0 saturated carbocycles. The standard InChI is InChI=1S/C10H12S2/c1-2-8-5-6-10(12-8)9-4-3-7-11-9/h3-5,7,10H,2,6H2,1H3. The Hall–Kier alpha value is -0.210. The summed E-state index contributed by atoms with van der Waals surface area (Å²) in [5.41, 5.74) is 0. The Kier molecular flexibility index (Phi) is 2.57. The summed E-state index contributed by atoms with van der Waals surface area (Å²) in [4.78, 5) is 3.09. The van der Waals surface area contributed by atoms with Crippen LogP contribution in [0.4, 0.5) is 0 Å². The molecule has 0 aromatic carbocycles. The maximum absolute atomic E-state index is 2.38. The normalized spacial score (nSPS) is 22.8. The smallest absolute Gasteiger partial charge is 0.0469 e. The Morgan fingerprint density at radius 2 is 2.50 bits per heavy atom. The Labute approximate surface area is 81.7 Å². The molecule has 0 aliphatic carbocycles. The van der Waals surface area contributed by atoms with E-state index >= 15 is 0 Å². The van der Waals surface area contributed by atoms with E-state index in [1.807, 2.05) is 23.1 Å². The van der Waals surface area contributed by atoms with Crippen LogP contribution >= 0.6 is 23.1 Å². The van der Waals surface area contributed by atoms with E-state index in [9.17, 15) is 0 Å². The fourth-order valence-electron chi connectivity index (χ4n) is 1.39. The highest BCUT2D eigenvalue weighted by Gasteiger charge is 2.18. The van der Waals surface area contributed by atoms with Crippen molar-refractivity contribution >= 4 is 23.1 Å². The van der Waals surface area contributed by atoms with Crippen molar-refractivity contribution in [1.82, 2.24) is 0 Å². The molecule has 0 N–H and O–H groups in total. The molecule has 2 rings (SSSR count). The van der Waals surface area contributed by atoms with E-state index in [2.05, 4.69) is 30.5 Å². The van der Waals surface area contributed by atoms with Crippen molar-refractivity contribution in [3.05, 3.63) is 33.4 Å². The summed E-state index contributed by atoms with van der Waals surface area (Å²) in [6.45, 7) is 2.23. The monoisotopic (exact) mass is 196 g/mol. The molecule has 0 nitrogen and oxygen atoms in total. The minimum absolute atomic E-state index is 0.722. The van der Waals surface area contributed by atoms with Gasteiger partial charge in [-0.3, -0.25) is 0 Å². The number of thioether (sulfide) groups is 1. The molecule has 2 heteroatoms. The summed E-state index contributed by atoms with van der Waals surface area (Å²) in [7, 11) is 0. The lowest BCUT2D eigenvalue weighted by molar-refractivity contribution is 1.01. The van der Waals surface area contributed by atoms with Crippen LogP contribution < -0.4 is 0 Å². The first-order valence-electron chi connectivity index (χ1n) is 4.29. The average molecular weight is 196 g/mol. The van der Waals surface area contributed by atoms with Crippen molar-refractivity contribution in [2.24, 2.45) is 0 Å². The predicted molar refractivity (Wildman–Crippen MR) is 57.6 cm³/mol. The minimum Gasteiger partial charge on any atom is -0.148 e. The van der Waals surface area contributed by atoms with Crippen molar-refractivity contribution in [3.63, 3.8) is 0 Å². The van der Waals surface area contributed by atoms with Crippen LogP contribution in [-0.4, -0.2) is 0 Å². The minimum atomic E-state index is 0.722. The lowest BCUT2D eigenvalue weighted by Gasteiger charge is -2.05. The van der Waals surface area contributed by atoms with Gasteiger partial charge in [0.1, 0.15) is 0 Å². The Morgan fingerprint density at radius 1 is 1.58 bits per heavy atom. The molecule has 0 spiro atoms. The molecular formula is C10H12S2. The fraction of sp³-hybridized carbons (Fsp3) is 0.400. The van der Waals surface area contributed by atoms with Gasteiger partial charge in [-0.25, -0.2) is 0 Å². The van der Waals surface area contributed by atoms with Gasteiger partial charge in [0.2, 0.25) is 0 Å². The topological polar surface area (TPSA) is 0 Å². The summed E-state index contributed by atoms with van der Waals surface area (Å²) in [5.74, 6) is 0. The molecular weight excluding hydrogens is 184 g/mol. The van der Waals surface area contributed by atoms with Crippen LogP contribution in [0.2, 0.25) is 0 Å². The summed E-state index contributed by atoms with van der Waals surface area (Å²) < 4.78 is 0. The van der Waals surface area contributed by atoms with Gasteiger partial charge in [-0.05, 0) is 29.2 Å². The fourth-order valence-corrected chi connectivity index (χ4v) is 3.54. The quantitative estimate of drug-likeness (QED) is 0.682. The number of hydrogen-bond donors (Lipinski definition) is 0. The number of thiophene rings is 1. The second-order valence-corrected chi connectivity index (χ2v) is 5.19. The van der Waals surface area contributed by atoms with Gasteiger partial charge < -0.3 is 0 Å². The second kappa shape index (κ2) is 3.67. The molecule has 1 aromatic heterocycles. The highest BCUT2D eigenvalue weighted by Crippen LogP contribution is 2.45. The lowest BCUT2D eigenvalue weighted by Crippen LogP contribution is -1.81. The third-order valence-electron chi connectivity index (χ3n) is 2.06. The molecule has 0 radical (unpaired) electrons. The predicted octanol–water partition coefficient (Wildman–Crippen LogP) is 4.22. The molecule has 1 atom stereocenters. The van der Waals surface area contributed by atoms with Crippen molar-refractivity contribution in [2.45, 2.75) is 25.0 Å². The summed E-state index contributed by atoms with van der Waals surface area (Å²) in [5, 5.41) is 2.89. The van der Waals surface area contributed by atoms with Gasteiger partial charge in [0.15, 0.2) is 0 Å². The van der Waals surface area contributed by atoms with Crippen LogP contribution in [-0.2, 0) is 0 Å². The molecule has 0 fully saturated rings. The van der Waals surface area contributed by atoms with Gasteiger partial charge >= 0.3 is 0 Å². The lowest BCUT2D eigenvalue weighted by atomic mass is 10.2. The van der Waals surface area contributed by atoms with Gasteiger partial charge in [-0.2, -0.15) is 0 Å². The Balaban J connectivity index is 2.04. The van der Waals surface area contributed by atoms with Crippen LogP contribution in [0.25, 0.3) is 0 Å². The average Bonchev–Trinajstić information content (AvgIpc) is 2.75. The summed E-state index contributed by atoms with van der Waals surface area (Å²) in [6, 6.07) is 4.39. The van der Waals surface area contributed by atoms with Gasteiger partial charge in [0.25, 0.3) is 0 Å². The zero-order chi connectivity index (χ0) is 8.39. The van der Waals surface area contributed by atoms with E-state index in [1.165, 1.54) is 17.7 Å². The van der Waals surface area contributed by atoms with E-state index in [4.69, 9.17) is 0 Å². The van der Waals surface area contributed by atoms with Crippen LogP contribution in [0.3, 0.4) is 0 Å². The highest BCUT2D eigenvalue weighted by atomic mass is 32.2. The van der Waals surface area contributed by atoms with E-state index in [0.29, 0.717) is 0 Å². The molecule has 0 saturated heterocycles. The largest absolute Gasteiger partial charge is 0.148 e. The number of rotatable bonds is 2. The third-order valence-corrected chi connectivity index (χ3v) is 4.69. The molecule has 0 amide bonds. The summed E-state index contributed by atoms with van der Waals surface area (Å²) in [6.07, 6.45) is 4.82. The molecule has 1 unspecified atom stereocenters. The zero-order valence-corrected chi connectivity index (χ0v) is 8.75. The molecule has 2 heterocycles. The van der Waals surface area contributed by atoms with Crippen molar-refractivity contribution < 1.29 is 0 Å². The van der Waals surface area contributed by atoms with Crippen molar-refractivity contribution in [3.8, 4) is 0 Å². The second-order valence-electron chi connectivity index (χ2n) is 2.88. The van der Waals surface area contributed by atoms with E-state index in [1.54, 1.807) is 4.91 Å². The first kappa shape index (κ1) is 8.39. The van der Waals surface area contributed by atoms with Crippen LogP contribution in [0.15, 0.2) is 28.5 Å². The first-order chi connectivity index (χ1) is 5.90. The summed E-state index contributed by atoms with van der Waals surface area (Å²) >= 11 is 3.92. The Bertz CT molecular complexity index is 272. The van der Waals surface area contributed by atoms with Crippen LogP contribution in [0.5, 0.6) is 0 Å². The van der Waals surface area contributed by atoms with E-state index in [-0.39, 0.29) is 0 Å².